The molecule has 3 rings (SSSR count). The fraction of sp³-hybridized carbons (Fsp3) is 0.435. The van der Waals surface area contributed by atoms with E-state index in [1.807, 2.05) is 45.0 Å². The van der Waals surface area contributed by atoms with Gasteiger partial charge in [0.05, 0.1) is 4.92 Å². The predicted octanol–water partition coefficient (Wildman–Crippen LogP) is 5.14. The van der Waals surface area contributed by atoms with Crippen molar-refractivity contribution >= 4 is 23.2 Å². The van der Waals surface area contributed by atoms with Crippen LogP contribution < -0.4 is 9.64 Å². The van der Waals surface area contributed by atoms with Crippen molar-refractivity contribution < 1.29 is 19.2 Å². The number of likely N-dealkylation sites (tertiary alicyclic amines) is 1. The molecule has 1 saturated heterocycles. The number of carbonyl (C=O) groups is 1. The molecule has 1 fully saturated rings. The molecule has 166 valence electrons. The smallest absolute Gasteiger partial charge is 0.410 e. The van der Waals surface area contributed by atoms with Crippen LogP contribution in [-0.4, -0.2) is 47.8 Å². The van der Waals surface area contributed by atoms with Crippen LogP contribution in [0, 0.1) is 10.1 Å². The first kappa shape index (κ1) is 22.4. The topological polar surface area (TPSA) is 85.2 Å². The second-order valence-electron chi connectivity index (χ2n) is 8.58. The first-order valence-electron chi connectivity index (χ1n) is 10.4. The van der Waals surface area contributed by atoms with E-state index in [0.29, 0.717) is 18.8 Å². The number of para-hydroxylation sites is 2. The number of nitro benzene ring substituents is 1. The molecule has 8 heteroatoms. The third kappa shape index (κ3) is 5.87. The van der Waals surface area contributed by atoms with E-state index in [2.05, 4.69) is 0 Å². The minimum Gasteiger partial charge on any atom is -0.490 e. The lowest BCUT2D eigenvalue weighted by Crippen LogP contribution is -2.44. The molecule has 8 nitrogen and oxygen atoms in total. The molecule has 0 spiro atoms. The average molecular weight is 428 g/mol. The molecular weight excluding hydrogens is 398 g/mol. The lowest BCUT2D eigenvalue weighted by atomic mass is 10.1. The molecule has 0 bridgehead atoms. The van der Waals surface area contributed by atoms with Crippen LogP contribution in [0.3, 0.4) is 0 Å². The fourth-order valence-electron chi connectivity index (χ4n) is 3.46. The fourth-order valence-corrected chi connectivity index (χ4v) is 3.46. The maximum absolute atomic E-state index is 12.2. The Balaban J connectivity index is 1.57. The van der Waals surface area contributed by atoms with E-state index in [9.17, 15) is 14.9 Å². The maximum Gasteiger partial charge on any atom is 0.410 e. The zero-order valence-electron chi connectivity index (χ0n) is 18.4. The number of nitro groups is 1. The van der Waals surface area contributed by atoms with Crippen molar-refractivity contribution in [1.82, 2.24) is 4.90 Å². The number of nitrogens with zero attached hydrogens (tertiary/aromatic N) is 3. The molecule has 0 N–H and O–H groups in total. The first-order valence-corrected chi connectivity index (χ1v) is 10.4. The van der Waals surface area contributed by atoms with Gasteiger partial charge >= 0.3 is 6.09 Å². The van der Waals surface area contributed by atoms with E-state index in [1.165, 1.54) is 6.07 Å². The van der Waals surface area contributed by atoms with Crippen LogP contribution in [0.5, 0.6) is 5.75 Å². The van der Waals surface area contributed by atoms with Gasteiger partial charge in [-0.05, 0) is 51.1 Å². The van der Waals surface area contributed by atoms with Crippen molar-refractivity contribution in [3.05, 3.63) is 58.6 Å². The summed E-state index contributed by atoms with van der Waals surface area (Å²) in [7, 11) is 1.80. The summed E-state index contributed by atoms with van der Waals surface area (Å²) in [6.07, 6.45) is 1.21. The summed E-state index contributed by atoms with van der Waals surface area (Å²) in [6.45, 7) is 6.77. The Kier molecular flexibility index (Phi) is 6.68. The van der Waals surface area contributed by atoms with Crippen LogP contribution >= 0.6 is 0 Å². The highest BCUT2D eigenvalue weighted by molar-refractivity contribution is 5.71. The Morgan fingerprint density at radius 3 is 2.29 bits per heavy atom. The van der Waals surface area contributed by atoms with Gasteiger partial charge in [-0.25, -0.2) is 4.79 Å². The monoisotopic (exact) mass is 427 g/mol. The molecule has 0 aromatic heterocycles. The highest BCUT2D eigenvalue weighted by Gasteiger charge is 2.27. The Morgan fingerprint density at radius 1 is 1.10 bits per heavy atom. The SMILES string of the molecule is CN(c1ccc(OC2CCN(C(=O)OC(C)(C)C)CC2)cc1)c1ccccc1[N+](=O)[O-]. The summed E-state index contributed by atoms with van der Waals surface area (Å²) >= 11 is 0. The van der Waals surface area contributed by atoms with Crippen LogP contribution in [0.25, 0.3) is 0 Å². The maximum atomic E-state index is 12.2. The molecule has 2 aromatic rings. The van der Waals surface area contributed by atoms with Crippen molar-refractivity contribution in [3.63, 3.8) is 0 Å². The normalized spacial score (nSPS) is 14.8. The third-order valence-electron chi connectivity index (χ3n) is 5.06. The molecule has 1 aliphatic rings. The number of piperidine rings is 1. The number of anilines is 2. The molecule has 0 atom stereocenters. The van der Waals surface area contributed by atoms with E-state index < -0.39 is 5.60 Å². The van der Waals surface area contributed by atoms with Gasteiger partial charge < -0.3 is 19.3 Å². The molecular formula is C23H29N3O5. The lowest BCUT2D eigenvalue weighted by molar-refractivity contribution is -0.384. The van der Waals surface area contributed by atoms with Gasteiger partial charge in [0.2, 0.25) is 0 Å². The van der Waals surface area contributed by atoms with Gasteiger partial charge in [-0.2, -0.15) is 0 Å². The van der Waals surface area contributed by atoms with Crippen LogP contribution in [0.1, 0.15) is 33.6 Å². The molecule has 0 saturated carbocycles. The summed E-state index contributed by atoms with van der Waals surface area (Å²) in [5.74, 6) is 0.732. The lowest BCUT2D eigenvalue weighted by Gasteiger charge is -2.33. The Labute approximate surface area is 182 Å². The van der Waals surface area contributed by atoms with Gasteiger partial charge in [-0.3, -0.25) is 10.1 Å². The Morgan fingerprint density at radius 2 is 1.71 bits per heavy atom. The van der Waals surface area contributed by atoms with E-state index in [-0.39, 0.29) is 22.8 Å². The summed E-state index contributed by atoms with van der Waals surface area (Å²) in [5.41, 5.74) is 0.902. The third-order valence-corrected chi connectivity index (χ3v) is 5.06. The number of benzene rings is 2. The average Bonchev–Trinajstić information content (AvgIpc) is 2.73. The number of carbonyl (C=O) groups excluding carboxylic acids is 1. The highest BCUT2D eigenvalue weighted by atomic mass is 16.6. The van der Waals surface area contributed by atoms with Crippen molar-refractivity contribution in [2.24, 2.45) is 0 Å². The largest absolute Gasteiger partial charge is 0.490 e. The highest BCUT2D eigenvalue weighted by Crippen LogP contribution is 2.33. The van der Waals surface area contributed by atoms with Gasteiger partial charge in [0.1, 0.15) is 23.1 Å². The standard InChI is InChI=1S/C23H29N3O5/c1-23(2,3)31-22(27)25-15-13-19(14-16-25)30-18-11-9-17(10-12-18)24(4)20-7-5-6-8-21(20)26(28)29/h5-12,19H,13-16H2,1-4H3. The quantitative estimate of drug-likeness (QED) is 0.485. The Bertz CT molecular complexity index is 916. The molecule has 0 radical (unpaired) electrons. The van der Waals surface area contributed by atoms with Crippen molar-refractivity contribution in [3.8, 4) is 5.75 Å². The zero-order valence-corrected chi connectivity index (χ0v) is 18.4. The number of hydrogen-bond donors (Lipinski definition) is 0. The van der Waals surface area contributed by atoms with Gasteiger partial charge in [-0.1, -0.05) is 12.1 Å². The minimum atomic E-state index is -0.500. The molecule has 1 aliphatic heterocycles. The summed E-state index contributed by atoms with van der Waals surface area (Å²) in [4.78, 5) is 26.6. The molecule has 0 aliphatic carbocycles. The molecule has 0 unspecified atom stereocenters. The van der Waals surface area contributed by atoms with Crippen molar-refractivity contribution in [1.29, 1.82) is 0 Å². The van der Waals surface area contributed by atoms with E-state index in [1.54, 1.807) is 35.0 Å². The second-order valence-corrected chi connectivity index (χ2v) is 8.58. The predicted molar refractivity (Wildman–Crippen MR) is 119 cm³/mol. The van der Waals surface area contributed by atoms with Crippen LogP contribution in [0.4, 0.5) is 21.9 Å². The van der Waals surface area contributed by atoms with Gasteiger partial charge in [0, 0.05) is 44.7 Å². The minimum absolute atomic E-state index is 0.0254. The van der Waals surface area contributed by atoms with Gasteiger partial charge in [0.15, 0.2) is 0 Å². The van der Waals surface area contributed by atoms with Crippen LogP contribution in [0.2, 0.25) is 0 Å². The van der Waals surface area contributed by atoms with Crippen molar-refractivity contribution in [2.75, 3.05) is 25.0 Å². The van der Waals surface area contributed by atoms with Gasteiger partial charge in [0.25, 0.3) is 5.69 Å². The van der Waals surface area contributed by atoms with E-state index in [0.717, 1.165) is 24.3 Å². The number of rotatable bonds is 5. The van der Waals surface area contributed by atoms with Crippen LogP contribution in [0.15, 0.2) is 48.5 Å². The van der Waals surface area contributed by atoms with Crippen molar-refractivity contribution in [2.45, 2.75) is 45.3 Å². The molecule has 1 heterocycles. The molecule has 1 amide bonds. The summed E-state index contributed by atoms with van der Waals surface area (Å²) in [5, 5.41) is 11.3. The number of amides is 1. The summed E-state index contributed by atoms with van der Waals surface area (Å²) < 4.78 is 11.5. The Hall–Kier alpha value is -3.29. The summed E-state index contributed by atoms with van der Waals surface area (Å²) in [6, 6.07) is 14.1. The molecule has 31 heavy (non-hydrogen) atoms. The first-order chi connectivity index (χ1) is 14.6. The second kappa shape index (κ2) is 9.24. The van der Waals surface area contributed by atoms with E-state index >= 15 is 0 Å². The number of hydrogen-bond acceptors (Lipinski definition) is 6. The number of ether oxygens (including phenoxy) is 2. The van der Waals surface area contributed by atoms with E-state index in [4.69, 9.17) is 9.47 Å². The van der Waals surface area contributed by atoms with Gasteiger partial charge in [-0.15, -0.1) is 0 Å². The zero-order chi connectivity index (χ0) is 22.6. The van der Waals surface area contributed by atoms with Crippen LogP contribution in [-0.2, 0) is 4.74 Å². The molecule has 2 aromatic carbocycles.